The number of nitrogens with zero attached hydrogens (tertiary/aromatic N) is 2. The molecule has 21 heavy (non-hydrogen) atoms. The zero-order valence-corrected chi connectivity index (χ0v) is 11.7. The van der Waals surface area contributed by atoms with Gasteiger partial charge in [0.1, 0.15) is 0 Å². The SMILES string of the molecule is N#Cc1ccc(CNCC2CCN(CC(F)(F)F)C2)cc1. The Kier molecular flexibility index (Phi) is 5.21. The normalized spacial score (nSPS) is 19.6. The topological polar surface area (TPSA) is 39.1 Å². The van der Waals surface area contributed by atoms with Crippen LogP contribution >= 0.6 is 0 Å². The molecule has 0 saturated carbocycles. The number of rotatable bonds is 5. The predicted octanol–water partition coefficient (Wildman–Crippen LogP) is 2.53. The number of hydrogen-bond acceptors (Lipinski definition) is 3. The second-order valence-corrected chi connectivity index (χ2v) is 5.44. The van der Waals surface area contributed by atoms with Gasteiger partial charge in [0.05, 0.1) is 18.2 Å². The van der Waals surface area contributed by atoms with Crippen molar-refractivity contribution in [3.05, 3.63) is 35.4 Å². The van der Waals surface area contributed by atoms with E-state index in [1.54, 1.807) is 12.1 Å². The van der Waals surface area contributed by atoms with Gasteiger partial charge in [-0.15, -0.1) is 0 Å². The highest BCUT2D eigenvalue weighted by molar-refractivity contribution is 5.31. The van der Waals surface area contributed by atoms with Gasteiger partial charge in [-0.3, -0.25) is 4.90 Å². The van der Waals surface area contributed by atoms with Gasteiger partial charge < -0.3 is 5.32 Å². The molecule has 3 nitrogen and oxygen atoms in total. The van der Waals surface area contributed by atoms with Crippen molar-refractivity contribution in [1.29, 1.82) is 5.26 Å². The number of halogens is 3. The summed E-state index contributed by atoms with van der Waals surface area (Å²) in [6.45, 7) is 1.59. The summed E-state index contributed by atoms with van der Waals surface area (Å²) in [6, 6.07) is 9.35. The van der Waals surface area contributed by atoms with Crippen LogP contribution < -0.4 is 5.32 Å². The molecule has 1 saturated heterocycles. The molecule has 0 spiro atoms. The monoisotopic (exact) mass is 297 g/mol. The van der Waals surface area contributed by atoms with Crippen LogP contribution in [0.4, 0.5) is 13.2 Å². The molecule has 1 atom stereocenters. The van der Waals surface area contributed by atoms with Crippen LogP contribution in [0.2, 0.25) is 0 Å². The highest BCUT2D eigenvalue weighted by Crippen LogP contribution is 2.22. The summed E-state index contributed by atoms with van der Waals surface area (Å²) in [4.78, 5) is 1.47. The van der Waals surface area contributed by atoms with Crippen LogP contribution in [0, 0.1) is 17.2 Å². The van der Waals surface area contributed by atoms with Crippen molar-refractivity contribution in [2.24, 2.45) is 5.92 Å². The van der Waals surface area contributed by atoms with Crippen LogP contribution in [0.1, 0.15) is 17.5 Å². The summed E-state index contributed by atoms with van der Waals surface area (Å²) in [6.07, 6.45) is -3.30. The first-order chi connectivity index (χ1) is 9.96. The average Bonchev–Trinajstić information content (AvgIpc) is 2.85. The van der Waals surface area contributed by atoms with Crippen LogP contribution in [0.5, 0.6) is 0 Å². The molecule has 2 rings (SSSR count). The Morgan fingerprint density at radius 1 is 1.29 bits per heavy atom. The summed E-state index contributed by atoms with van der Waals surface area (Å²) >= 11 is 0. The van der Waals surface area contributed by atoms with E-state index >= 15 is 0 Å². The summed E-state index contributed by atoms with van der Waals surface area (Å²) in [5.74, 6) is 0.269. The lowest BCUT2D eigenvalue weighted by atomic mass is 10.1. The van der Waals surface area contributed by atoms with Crippen LogP contribution in [0.15, 0.2) is 24.3 Å². The molecule has 0 amide bonds. The Morgan fingerprint density at radius 2 is 2.00 bits per heavy atom. The number of likely N-dealkylation sites (tertiary alicyclic amines) is 1. The van der Waals surface area contributed by atoms with Crippen molar-refractivity contribution in [2.45, 2.75) is 19.1 Å². The van der Waals surface area contributed by atoms with Gasteiger partial charge in [0.2, 0.25) is 0 Å². The maximum absolute atomic E-state index is 12.3. The molecule has 1 heterocycles. The quantitative estimate of drug-likeness (QED) is 0.908. The van der Waals surface area contributed by atoms with Crippen molar-refractivity contribution >= 4 is 0 Å². The number of alkyl halides is 3. The molecule has 1 aliphatic rings. The third-order valence-electron chi connectivity index (χ3n) is 3.62. The van der Waals surface area contributed by atoms with Crippen LogP contribution in [0.25, 0.3) is 0 Å². The third kappa shape index (κ3) is 5.37. The molecule has 6 heteroatoms. The van der Waals surface area contributed by atoms with Crippen molar-refractivity contribution in [3.8, 4) is 6.07 Å². The van der Waals surface area contributed by atoms with E-state index < -0.39 is 12.7 Å². The van der Waals surface area contributed by atoms with E-state index in [-0.39, 0.29) is 5.92 Å². The molecule has 0 aromatic heterocycles. The van der Waals surface area contributed by atoms with Gasteiger partial charge in [-0.05, 0) is 43.1 Å². The largest absolute Gasteiger partial charge is 0.401 e. The van der Waals surface area contributed by atoms with E-state index in [1.807, 2.05) is 12.1 Å². The van der Waals surface area contributed by atoms with Crippen molar-refractivity contribution in [3.63, 3.8) is 0 Å². The first-order valence-corrected chi connectivity index (χ1v) is 6.95. The molecule has 1 N–H and O–H groups in total. The zero-order valence-electron chi connectivity index (χ0n) is 11.7. The first-order valence-electron chi connectivity index (χ1n) is 6.95. The highest BCUT2D eigenvalue weighted by Gasteiger charge is 2.34. The molecule has 0 aliphatic carbocycles. The van der Waals surface area contributed by atoms with Crippen LogP contribution in [-0.2, 0) is 6.54 Å². The fraction of sp³-hybridized carbons (Fsp3) is 0.533. The minimum Gasteiger partial charge on any atom is -0.312 e. The summed E-state index contributed by atoms with van der Waals surface area (Å²) in [7, 11) is 0. The second-order valence-electron chi connectivity index (χ2n) is 5.44. The summed E-state index contributed by atoms with van der Waals surface area (Å²) in [5, 5.41) is 12.0. The Hall–Kier alpha value is -1.58. The van der Waals surface area contributed by atoms with Gasteiger partial charge in [0, 0.05) is 13.1 Å². The maximum atomic E-state index is 12.3. The smallest absolute Gasteiger partial charge is 0.312 e. The molecular formula is C15H18F3N3. The van der Waals surface area contributed by atoms with Crippen molar-refractivity contribution in [2.75, 3.05) is 26.2 Å². The summed E-state index contributed by atoms with van der Waals surface area (Å²) in [5.41, 5.74) is 1.69. The Morgan fingerprint density at radius 3 is 2.62 bits per heavy atom. The number of benzene rings is 1. The van der Waals surface area contributed by atoms with Gasteiger partial charge in [0.25, 0.3) is 0 Å². The molecule has 114 valence electrons. The number of hydrogen-bond donors (Lipinski definition) is 1. The predicted molar refractivity (Wildman–Crippen MR) is 73.5 cm³/mol. The van der Waals surface area contributed by atoms with Crippen LogP contribution in [-0.4, -0.2) is 37.3 Å². The number of nitriles is 1. The van der Waals surface area contributed by atoms with E-state index in [1.165, 1.54) is 4.90 Å². The van der Waals surface area contributed by atoms with Crippen LogP contribution in [0.3, 0.4) is 0 Å². The second kappa shape index (κ2) is 6.92. The molecule has 0 radical (unpaired) electrons. The lowest BCUT2D eigenvalue weighted by molar-refractivity contribution is -0.143. The Bertz CT molecular complexity index is 490. The maximum Gasteiger partial charge on any atom is 0.401 e. The molecular weight excluding hydrogens is 279 g/mol. The van der Waals surface area contributed by atoms with Crippen molar-refractivity contribution in [1.82, 2.24) is 10.2 Å². The fourth-order valence-electron chi connectivity index (χ4n) is 2.59. The molecule has 1 aliphatic heterocycles. The minimum absolute atomic E-state index is 0.269. The van der Waals surface area contributed by atoms with Gasteiger partial charge in [-0.25, -0.2) is 0 Å². The molecule has 1 aromatic rings. The fourth-order valence-corrected chi connectivity index (χ4v) is 2.59. The highest BCUT2D eigenvalue weighted by atomic mass is 19.4. The van der Waals surface area contributed by atoms with E-state index in [4.69, 9.17) is 5.26 Å². The van der Waals surface area contributed by atoms with E-state index in [0.29, 0.717) is 31.7 Å². The van der Waals surface area contributed by atoms with E-state index in [0.717, 1.165) is 12.0 Å². The standard InChI is InChI=1S/C15H18F3N3/c16-15(17,18)11-21-6-5-14(10-21)9-20-8-13-3-1-12(7-19)2-4-13/h1-4,14,20H,5-6,8-11H2. The molecule has 1 aromatic carbocycles. The van der Waals surface area contributed by atoms with Gasteiger partial charge in [0.15, 0.2) is 0 Å². The lowest BCUT2D eigenvalue weighted by Crippen LogP contribution is -2.33. The first kappa shape index (κ1) is 15.8. The summed E-state index contributed by atoms with van der Waals surface area (Å²) < 4.78 is 36.9. The van der Waals surface area contributed by atoms with Crippen molar-refractivity contribution < 1.29 is 13.2 Å². The van der Waals surface area contributed by atoms with Gasteiger partial charge in [-0.2, -0.15) is 18.4 Å². The molecule has 0 bridgehead atoms. The molecule has 1 unspecified atom stereocenters. The Balaban J connectivity index is 1.69. The minimum atomic E-state index is -4.11. The van der Waals surface area contributed by atoms with E-state index in [2.05, 4.69) is 11.4 Å². The third-order valence-corrected chi connectivity index (χ3v) is 3.62. The lowest BCUT2D eigenvalue weighted by Gasteiger charge is -2.18. The van der Waals surface area contributed by atoms with Gasteiger partial charge >= 0.3 is 6.18 Å². The van der Waals surface area contributed by atoms with E-state index in [9.17, 15) is 13.2 Å². The average molecular weight is 297 g/mol. The zero-order chi connectivity index (χ0) is 15.3. The molecule has 1 fully saturated rings. The Labute approximate surface area is 122 Å². The number of nitrogens with one attached hydrogen (secondary N) is 1. The van der Waals surface area contributed by atoms with Gasteiger partial charge in [-0.1, -0.05) is 12.1 Å².